The van der Waals surface area contributed by atoms with Gasteiger partial charge in [0.05, 0.1) is 6.07 Å². The molecule has 0 aromatic carbocycles. The number of hydrogen-bond acceptors (Lipinski definition) is 3. The van der Waals surface area contributed by atoms with E-state index < -0.39 is 5.60 Å². The molecular formula is C15H26N2O. The zero-order chi connectivity index (χ0) is 12.8. The zero-order valence-electron chi connectivity index (χ0n) is 11.7. The van der Waals surface area contributed by atoms with Crippen molar-refractivity contribution in [1.82, 2.24) is 4.90 Å². The van der Waals surface area contributed by atoms with Gasteiger partial charge in [0.25, 0.3) is 0 Å². The van der Waals surface area contributed by atoms with E-state index in [0.717, 1.165) is 31.8 Å². The number of nitrogens with zero attached hydrogens (tertiary/aromatic N) is 2. The normalized spacial score (nSPS) is 25.1. The van der Waals surface area contributed by atoms with E-state index in [1.807, 2.05) is 6.92 Å². The SMILES string of the molecule is CCOC1(C#N)CCN(CCC2CCCC2)CC1. The van der Waals surface area contributed by atoms with E-state index in [4.69, 9.17) is 4.74 Å². The summed E-state index contributed by atoms with van der Waals surface area (Å²) in [4.78, 5) is 2.52. The fourth-order valence-electron chi connectivity index (χ4n) is 3.37. The van der Waals surface area contributed by atoms with Gasteiger partial charge < -0.3 is 9.64 Å². The third-order valence-corrected chi connectivity index (χ3v) is 4.62. The van der Waals surface area contributed by atoms with Crippen LogP contribution >= 0.6 is 0 Å². The number of likely N-dealkylation sites (tertiary alicyclic amines) is 1. The highest BCUT2D eigenvalue weighted by molar-refractivity contribution is 5.04. The van der Waals surface area contributed by atoms with E-state index >= 15 is 0 Å². The molecular weight excluding hydrogens is 224 g/mol. The summed E-state index contributed by atoms with van der Waals surface area (Å²) in [6.45, 7) is 5.90. The van der Waals surface area contributed by atoms with Gasteiger partial charge in [0.2, 0.25) is 0 Å². The first-order chi connectivity index (χ1) is 8.78. The van der Waals surface area contributed by atoms with Crippen LogP contribution in [0.15, 0.2) is 0 Å². The molecule has 3 heteroatoms. The molecule has 1 heterocycles. The number of nitriles is 1. The quantitative estimate of drug-likeness (QED) is 0.752. The van der Waals surface area contributed by atoms with Crippen LogP contribution in [0.25, 0.3) is 0 Å². The topological polar surface area (TPSA) is 36.3 Å². The van der Waals surface area contributed by atoms with E-state index in [1.54, 1.807) is 0 Å². The van der Waals surface area contributed by atoms with Crippen LogP contribution < -0.4 is 0 Å². The molecule has 0 unspecified atom stereocenters. The number of piperidine rings is 1. The second-order valence-corrected chi connectivity index (χ2v) is 5.82. The molecule has 0 N–H and O–H groups in total. The summed E-state index contributed by atoms with van der Waals surface area (Å²) in [5, 5.41) is 9.27. The summed E-state index contributed by atoms with van der Waals surface area (Å²) in [5.74, 6) is 0.972. The van der Waals surface area contributed by atoms with E-state index in [2.05, 4.69) is 11.0 Å². The van der Waals surface area contributed by atoms with Gasteiger partial charge in [-0.25, -0.2) is 0 Å². The van der Waals surface area contributed by atoms with Gasteiger partial charge in [0.1, 0.15) is 0 Å². The van der Waals surface area contributed by atoms with Crippen molar-refractivity contribution < 1.29 is 4.74 Å². The lowest BCUT2D eigenvalue weighted by Crippen LogP contribution is -2.45. The van der Waals surface area contributed by atoms with Crippen LogP contribution in [0.5, 0.6) is 0 Å². The monoisotopic (exact) mass is 250 g/mol. The molecule has 102 valence electrons. The number of hydrogen-bond donors (Lipinski definition) is 0. The second-order valence-electron chi connectivity index (χ2n) is 5.82. The molecule has 18 heavy (non-hydrogen) atoms. The summed E-state index contributed by atoms with van der Waals surface area (Å²) in [7, 11) is 0. The van der Waals surface area contributed by atoms with Gasteiger partial charge in [0, 0.05) is 32.5 Å². The van der Waals surface area contributed by atoms with Gasteiger partial charge in [0.15, 0.2) is 5.60 Å². The van der Waals surface area contributed by atoms with Crippen LogP contribution in [0.1, 0.15) is 51.9 Å². The van der Waals surface area contributed by atoms with Crippen molar-refractivity contribution in [3.05, 3.63) is 0 Å². The molecule has 0 atom stereocenters. The Morgan fingerprint density at radius 3 is 2.50 bits per heavy atom. The van der Waals surface area contributed by atoms with Crippen molar-refractivity contribution >= 4 is 0 Å². The highest BCUT2D eigenvalue weighted by Gasteiger charge is 2.35. The summed E-state index contributed by atoms with van der Waals surface area (Å²) in [6, 6.07) is 2.39. The zero-order valence-corrected chi connectivity index (χ0v) is 11.7. The Labute approximate surface area is 111 Å². The van der Waals surface area contributed by atoms with Gasteiger partial charge >= 0.3 is 0 Å². The van der Waals surface area contributed by atoms with E-state index in [-0.39, 0.29) is 0 Å². The molecule has 0 aromatic rings. The van der Waals surface area contributed by atoms with Gasteiger partial charge in [-0.2, -0.15) is 5.26 Å². The van der Waals surface area contributed by atoms with Crippen LogP contribution in [0.3, 0.4) is 0 Å². The maximum atomic E-state index is 9.27. The Balaban J connectivity index is 1.70. The predicted octanol–water partition coefficient (Wildman–Crippen LogP) is 2.96. The molecule has 0 amide bonds. The lowest BCUT2D eigenvalue weighted by atomic mass is 9.92. The van der Waals surface area contributed by atoms with Gasteiger partial charge in [-0.3, -0.25) is 0 Å². The molecule has 1 saturated heterocycles. The summed E-state index contributed by atoms with van der Waals surface area (Å²) >= 11 is 0. The molecule has 0 bridgehead atoms. The first-order valence-corrected chi connectivity index (χ1v) is 7.55. The molecule has 1 saturated carbocycles. The molecule has 2 rings (SSSR count). The minimum atomic E-state index is -0.487. The largest absolute Gasteiger partial charge is 0.360 e. The van der Waals surface area contributed by atoms with Crippen LogP contribution in [-0.4, -0.2) is 36.7 Å². The fraction of sp³-hybridized carbons (Fsp3) is 0.933. The average Bonchev–Trinajstić information content (AvgIpc) is 2.91. The van der Waals surface area contributed by atoms with Crippen LogP contribution in [0, 0.1) is 17.2 Å². The minimum absolute atomic E-state index is 0.487. The number of rotatable bonds is 5. The van der Waals surface area contributed by atoms with Crippen LogP contribution in [0.2, 0.25) is 0 Å². The summed E-state index contributed by atoms with van der Waals surface area (Å²) in [5.41, 5.74) is -0.487. The Morgan fingerprint density at radius 1 is 1.28 bits per heavy atom. The van der Waals surface area contributed by atoms with E-state index in [1.165, 1.54) is 38.6 Å². The standard InChI is InChI=1S/C15H26N2O/c1-2-18-15(13-16)8-11-17(12-9-15)10-7-14-5-3-4-6-14/h14H,2-12H2,1H3. The fourth-order valence-corrected chi connectivity index (χ4v) is 3.37. The molecule has 0 radical (unpaired) electrons. The van der Waals surface area contributed by atoms with Crippen molar-refractivity contribution in [1.29, 1.82) is 5.26 Å². The molecule has 0 spiro atoms. The first-order valence-electron chi connectivity index (χ1n) is 7.55. The highest BCUT2D eigenvalue weighted by atomic mass is 16.5. The molecule has 1 aliphatic carbocycles. The van der Waals surface area contributed by atoms with Gasteiger partial charge in [-0.15, -0.1) is 0 Å². The number of ether oxygens (including phenoxy) is 1. The van der Waals surface area contributed by atoms with Crippen molar-refractivity contribution in [3.8, 4) is 6.07 Å². The van der Waals surface area contributed by atoms with Gasteiger partial charge in [-0.05, 0) is 25.8 Å². The van der Waals surface area contributed by atoms with E-state index in [0.29, 0.717) is 6.61 Å². The van der Waals surface area contributed by atoms with Crippen molar-refractivity contribution in [2.24, 2.45) is 5.92 Å². The smallest absolute Gasteiger partial charge is 0.156 e. The molecule has 2 aliphatic rings. The Bertz CT molecular complexity index is 283. The van der Waals surface area contributed by atoms with Crippen LogP contribution in [0.4, 0.5) is 0 Å². The summed E-state index contributed by atoms with van der Waals surface area (Å²) in [6.07, 6.45) is 8.86. The second kappa shape index (κ2) is 6.54. The minimum Gasteiger partial charge on any atom is -0.360 e. The third-order valence-electron chi connectivity index (χ3n) is 4.62. The third kappa shape index (κ3) is 3.46. The van der Waals surface area contributed by atoms with Gasteiger partial charge in [-0.1, -0.05) is 25.7 Å². The Hall–Kier alpha value is -0.590. The van der Waals surface area contributed by atoms with Crippen molar-refractivity contribution in [3.63, 3.8) is 0 Å². The van der Waals surface area contributed by atoms with E-state index in [9.17, 15) is 5.26 Å². The average molecular weight is 250 g/mol. The molecule has 1 aliphatic heterocycles. The van der Waals surface area contributed by atoms with Crippen molar-refractivity contribution in [2.45, 2.75) is 57.5 Å². The lowest BCUT2D eigenvalue weighted by Gasteiger charge is -2.37. The van der Waals surface area contributed by atoms with Crippen molar-refractivity contribution in [2.75, 3.05) is 26.2 Å². The molecule has 0 aromatic heterocycles. The molecule has 2 fully saturated rings. The van der Waals surface area contributed by atoms with Crippen LogP contribution in [-0.2, 0) is 4.74 Å². The highest BCUT2D eigenvalue weighted by Crippen LogP contribution is 2.29. The first kappa shape index (κ1) is 13.8. The Morgan fingerprint density at radius 2 is 1.94 bits per heavy atom. The Kier molecular flexibility index (Phi) is 5.03. The maximum absolute atomic E-state index is 9.27. The summed E-state index contributed by atoms with van der Waals surface area (Å²) < 4.78 is 5.66. The molecule has 3 nitrogen and oxygen atoms in total. The lowest BCUT2D eigenvalue weighted by molar-refractivity contribution is -0.0390. The predicted molar refractivity (Wildman–Crippen MR) is 72.2 cm³/mol. The maximum Gasteiger partial charge on any atom is 0.156 e.